The van der Waals surface area contributed by atoms with Crippen LogP contribution >= 0.6 is 23.2 Å². The van der Waals surface area contributed by atoms with Crippen LogP contribution in [0.3, 0.4) is 0 Å². The standard InChI is InChI=1S/C13H13Cl2N3/c1-18(8-10-3-2-4-11(14)7-10)9-12-5-6-13(15)17-16-12/h2-7H,8-9H2,1H3. The molecule has 1 aromatic carbocycles. The van der Waals surface area contributed by atoms with E-state index in [1.807, 2.05) is 31.3 Å². The van der Waals surface area contributed by atoms with Crippen molar-refractivity contribution in [2.45, 2.75) is 13.1 Å². The molecule has 0 aliphatic rings. The van der Waals surface area contributed by atoms with Crippen molar-refractivity contribution in [3.8, 4) is 0 Å². The summed E-state index contributed by atoms with van der Waals surface area (Å²) in [7, 11) is 2.02. The van der Waals surface area contributed by atoms with Crippen LogP contribution in [-0.2, 0) is 13.1 Å². The van der Waals surface area contributed by atoms with E-state index in [1.54, 1.807) is 6.07 Å². The van der Waals surface area contributed by atoms with Crippen molar-refractivity contribution in [1.29, 1.82) is 0 Å². The highest BCUT2D eigenvalue weighted by Gasteiger charge is 2.04. The van der Waals surface area contributed by atoms with Crippen molar-refractivity contribution in [2.75, 3.05) is 7.05 Å². The lowest BCUT2D eigenvalue weighted by atomic mass is 10.2. The highest BCUT2D eigenvalue weighted by Crippen LogP contribution is 2.13. The maximum absolute atomic E-state index is 5.95. The molecule has 0 atom stereocenters. The molecule has 0 unspecified atom stereocenters. The molecule has 18 heavy (non-hydrogen) atoms. The molecule has 0 saturated carbocycles. The molecule has 0 radical (unpaired) electrons. The first-order valence-corrected chi connectivity index (χ1v) is 6.30. The van der Waals surface area contributed by atoms with Crippen LogP contribution in [0.15, 0.2) is 36.4 Å². The van der Waals surface area contributed by atoms with Gasteiger partial charge in [0.05, 0.1) is 5.69 Å². The second-order valence-corrected chi connectivity index (χ2v) is 4.97. The minimum absolute atomic E-state index is 0.413. The average Bonchev–Trinajstić information content (AvgIpc) is 2.32. The molecule has 1 aromatic heterocycles. The number of nitrogens with zero attached hydrogens (tertiary/aromatic N) is 3. The van der Waals surface area contributed by atoms with Gasteiger partial charge in [0, 0.05) is 18.1 Å². The first-order chi connectivity index (χ1) is 8.63. The summed E-state index contributed by atoms with van der Waals surface area (Å²) < 4.78 is 0. The number of hydrogen-bond donors (Lipinski definition) is 0. The lowest BCUT2D eigenvalue weighted by Gasteiger charge is -2.16. The molecule has 0 amide bonds. The van der Waals surface area contributed by atoms with Gasteiger partial charge in [0.2, 0.25) is 0 Å². The average molecular weight is 282 g/mol. The molecule has 3 nitrogen and oxygen atoms in total. The van der Waals surface area contributed by atoms with Gasteiger partial charge in [0.1, 0.15) is 0 Å². The second-order valence-electron chi connectivity index (χ2n) is 4.15. The third-order valence-corrected chi connectivity index (χ3v) is 2.90. The molecule has 94 valence electrons. The highest BCUT2D eigenvalue weighted by molar-refractivity contribution is 6.30. The SMILES string of the molecule is CN(Cc1cccc(Cl)c1)Cc1ccc(Cl)nn1. The van der Waals surface area contributed by atoms with Crippen LogP contribution in [0.5, 0.6) is 0 Å². The molecule has 0 aliphatic carbocycles. The van der Waals surface area contributed by atoms with Gasteiger partial charge >= 0.3 is 0 Å². The summed E-state index contributed by atoms with van der Waals surface area (Å²) >= 11 is 11.6. The first-order valence-electron chi connectivity index (χ1n) is 5.54. The third-order valence-electron chi connectivity index (χ3n) is 2.46. The Hall–Kier alpha value is -1.16. The molecular weight excluding hydrogens is 269 g/mol. The van der Waals surface area contributed by atoms with Crippen molar-refractivity contribution in [3.05, 3.63) is 57.8 Å². The number of aromatic nitrogens is 2. The predicted molar refractivity (Wildman–Crippen MR) is 73.7 cm³/mol. The minimum atomic E-state index is 0.413. The molecule has 1 heterocycles. The Balaban J connectivity index is 1.96. The van der Waals surface area contributed by atoms with Gasteiger partial charge < -0.3 is 0 Å². The minimum Gasteiger partial charge on any atom is -0.296 e. The summed E-state index contributed by atoms with van der Waals surface area (Å²) in [6.07, 6.45) is 0. The quantitative estimate of drug-likeness (QED) is 0.860. The largest absolute Gasteiger partial charge is 0.296 e. The van der Waals surface area contributed by atoms with E-state index in [1.165, 1.54) is 5.56 Å². The predicted octanol–water partition coefficient (Wildman–Crippen LogP) is 3.42. The van der Waals surface area contributed by atoms with Gasteiger partial charge in [-0.25, -0.2) is 0 Å². The number of rotatable bonds is 4. The Kier molecular flexibility index (Phi) is 4.53. The molecule has 0 N–H and O–H groups in total. The third kappa shape index (κ3) is 3.95. The topological polar surface area (TPSA) is 29.0 Å². The molecule has 0 saturated heterocycles. The lowest BCUT2D eigenvalue weighted by molar-refractivity contribution is 0.314. The number of benzene rings is 1. The van der Waals surface area contributed by atoms with Crippen LogP contribution < -0.4 is 0 Å². The fourth-order valence-electron chi connectivity index (χ4n) is 1.71. The van der Waals surface area contributed by atoms with Crippen LogP contribution in [0.1, 0.15) is 11.3 Å². The van der Waals surface area contributed by atoms with Gasteiger partial charge in [0.25, 0.3) is 0 Å². The van der Waals surface area contributed by atoms with E-state index in [2.05, 4.69) is 21.2 Å². The second kappa shape index (κ2) is 6.14. The monoisotopic (exact) mass is 281 g/mol. The van der Waals surface area contributed by atoms with Crippen LogP contribution in [0.25, 0.3) is 0 Å². The van der Waals surface area contributed by atoms with Gasteiger partial charge in [-0.15, -0.1) is 5.10 Å². The normalized spacial score (nSPS) is 10.9. The van der Waals surface area contributed by atoms with Gasteiger partial charge in [-0.2, -0.15) is 5.10 Å². The Morgan fingerprint density at radius 1 is 1.06 bits per heavy atom. The van der Waals surface area contributed by atoms with Gasteiger partial charge in [-0.05, 0) is 36.9 Å². The highest BCUT2D eigenvalue weighted by atomic mass is 35.5. The fraction of sp³-hybridized carbons (Fsp3) is 0.231. The van der Waals surface area contributed by atoms with Gasteiger partial charge in [0.15, 0.2) is 5.15 Å². The zero-order valence-corrected chi connectivity index (χ0v) is 11.5. The zero-order chi connectivity index (χ0) is 13.0. The van der Waals surface area contributed by atoms with Crippen molar-refractivity contribution in [1.82, 2.24) is 15.1 Å². The van der Waals surface area contributed by atoms with Crippen molar-refractivity contribution in [3.63, 3.8) is 0 Å². The molecular formula is C13H13Cl2N3. The maximum atomic E-state index is 5.95. The molecule has 0 bridgehead atoms. The van der Waals surface area contributed by atoms with Crippen LogP contribution in [-0.4, -0.2) is 22.1 Å². The number of hydrogen-bond acceptors (Lipinski definition) is 3. The summed E-state index contributed by atoms with van der Waals surface area (Å²) in [4.78, 5) is 2.14. The maximum Gasteiger partial charge on any atom is 0.151 e. The summed E-state index contributed by atoms with van der Waals surface area (Å²) in [5.74, 6) is 0. The van der Waals surface area contributed by atoms with Crippen molar-refractivity contribution in [2.24, 2.45) is 0 Å². The lowest BCUT2D eigenvalue weighted by Crippen LogP contribution is -2.18. The first kappa shape index (κ1) is 13.3. The molecule has 0 fully saturated rings. The molecule has 2 aromatic rings. The molecule has 2 rings (SSSR count). The summed E-state index contributed by atoms with van der Waals surface area (Å²) in [6.45, 7) is 1.53. The molecule has 0 aliphatic heterocycles. The van der Waals surface area contributed by atoms with Gasteiger partial charge in [-0.1, -0.05) is 35.3 Å². The molecule has 5 heteroatoms. The van der Waals surface area contributed by atoms with E-state index in [-0.39, 0.29) is 0 Å². The Morgan fingerprint density at radius 3 is 2.56 bits per heavy atom. The van der Waals surface area contributed by atoms with E-state index in [9.17, 15) is 0 Å². The smallest absolute Gasteiger partial charge is 0.151 e. The summed E-state index contributed by atoms with van der Waals surface area (Å²) in [5.41, 5.74) is 2.07. The van der Waals surface area contributed by atoms with Crippen molar-refractivity contribution >= 4 is 23.2 Å². The fourth-order valence-corrected chi connectivity index (χ4v) is 2.02. The van der Waals surface area contributed by atoms with Gasteiger partial charge in [-0.3, -0.25) is 4.90 Å². The van der Waals surface area contributed by atoms with E-state index >= 15 is 0 Å². The van der Waals surface area contributed by atoms with Crippen molar-refractivity contribution < 1.29 is 0 Å². The van der Waals surface area contributed by atoms with Crippen LogP contribution in [0.2, 0.25) is 10.2 Å². The van der Waals surface area contributed by atoms with E-state index in [0.29, 0.717) is 5.15 Å². The summed E-state index contributed by atoms with van der Waals surface area (Å²) in [5, 5.41) is 9.02. The number of halogens is 2. The van der Waals surface area contributed by atoms with E-state index < -0.39 is 0 Å². The molecule has 0 spiro atoms. The zero-order valence-electron chi connectivity index (χ0n) is 9.98. The van der Waals surface area contributed by atoms with Crippen LogP contribution in [0.4, 0.5) is 0 Å². The summed E-state index contributed by atoms with van der Waals surface area (Å²) in [6, 6.07) is 11.5. The Labute approximate surface area is 116 Å². The Bertz CT molecular complexity index is 514. The van der Waals surface area contributed by atoms with Crippen LogP contribution in [0, 0.1) is 0 Å². The van der Waals surface area contributed by atoms with E-state index in [4.69, 9.17) is 23.2 Å². The van der Waals surface area contributed by atoms with E-state index in [0.717, 1.165) is 23.8 Å². The Morgan fingerprint density at radius 2 is 1.89 bits per heavy atom.